The third-order valence-corrected chi connectivity index (χ3v) is 2.99. The minimum Gasteiger partial charge on any atom is -0.476 e. The number of pyridine rings is 1. The third-order valence-electron chi connectivity index (χ3n) is 2.99. The van der Waals surface area contributed by atoms with E-state index < -0.39 is 6.04 Å². The van der Waals surface area contributed by atoms with Crippen molar-refractivity contribution in [2.45, 2.75) is 32.4 Å². The van der Waals surface area contributed by atoms with Crippen LogP contribution >= 0.6 is 0 Å². The van der Waals surface area contributed by atoms with E-state index in [9.17, 15) is 4.79 Å². The van der Waals surface area contributed by atoms with Gasteiger partial charge in [0.25, 0.3) is 0 Å². The van der Waals surface area contributed by atoms with Gasteiger partial charge in [0.1, 0.15) is 6.61 Å². The number of nitrogens with zero attached hydrogens (tertiary/aromatic N) is 2. The number of carbonyl (C=O) groups is 1. The van der Waals surface area contributed by atoms with Crippen molar-refractivity contribution in [3.05, 3.63) is 23.9 Å². The van der Waals surface area contributed by atoms with Crippen LogP contribution in [0, 0.1) is 0 Å². The van der Waals surface area contributed by atoms with Crippen LogP contribution in [0.25, 0.3) is 0 Å². The number of hydrogen-bond acceptors (Lipinski definition) is 5. The Morgan fingerprint density at radius 3 is 2.95 bits per heavy atom. The molecular weight excluding hydrogens is 268 g/mol. The Kier molecular flexibility index (Phi) is 7.71. The first-order valence-corrected chi connectivity index (χ1v) is 7.28. The van der Waals surface area contributed by atoms with Crippen LogP contribution in [0.4, 0.5) is 0 Å². The second-order valence-corrected chi connectivity index (χ2v) is 5.27. The van der Waals surface area contributed by atoms with E-state index in [-0.39, 0.29) is 5.91 Å². The molecule has 6 heteroatoms. The van der Waals surface area contributed by atoms with E-state index in [0.717, 1.165) is 18.5 Å². The normalized spacial score (nSPS) is 12.2. The van der Waals surface area contributed by atoms with Gasteiger partial charge in [0.05, 0.1) is 6.04 Å². The van der Waals surface area contributed by atoms with Gasteiger partial charge in [0, 0.05) is 25.4 Å². The zero-order chi connectivity index (χ0) is 15.7. The quantitative estimate of drug-likeness (QED) is 0.703. The number of carbonyl (C=O) groups excluding carboxylic acids is 1. The van der Waals surface area contributed by atoms with E-state index in [0.29, 0.717) is 25.5 Å². The van der Waals surface area contributed by atoms with E-state index >= 15 is 0 Å². The first-order valence-electron chi connectivity index (χ1n) is 7.28. The number of nitrogens with one attached hydrogen (secondary N) is 1. The zero-order valence-corrected chi connectivity index (χ0v) is 13.1. The van der Waals surface area contributed by atoms with Gasteiger partial charge in [-0.3, -0.25) is 4.79 Å². The standard InChI is InChI=1S/C15H26N4O2/c1-4-5-13(16)15(20)18-11-12-6-7-17-14(10-12)21-9-8-19(2)3/h6-7,10,13H,4-5,8-9,11,16H2,1-3H3,(H,18,20). The van der Waals surface area contributed by atoms with Crippen LogP contribution in [-0.4, -0.2) is 49.1 Å². The summed E-state index contributed by atoms with van der Waals surface area (Å²) in [5, 5.41) is 2.83. The maximum atomic E-state index is 11.7. The number of hydrogen-bond donors (Lipinski definition) is 2. The van der Waals surface area contributed by atoms with Gasteiger partial charge in [-0.15, -0.1) is 0 Å². The summed E-state index contributed by atoms with van der Waals surface area (Å²) in [6.07, 6.45) is 3.27. The van der Waals surface area contributed by atoms with Crippen molar-refractivity contribution in [2.24, 2.45) is 5.73 Å². The summed E-state index contributed by atoms with van der Waals surface area (Å²) in [5.41, 5.74) is 6.71. The minimum atomic E-state index is -0.437. The summed E-state index contributed by atoms with van der Waals surface area (Å²) in [6.45, 7) is 3.85. The van der Waals surface area contributed by atoms with Crippen molar-refractivity contribution < 1.29 is 9.53 Å². The van der Waals surface area contributed by atoms with Gasteiger partial charge in [-0.2, -0.15) is 0 Å². The predicted octanol–water partition coefficient (Wildman–Crippen LogP) is 0.766. The highest BCUT2D eigenvalue weighted by Crippen LogP contribution is 2.09. The fourth-order valence-corrected chi connectivity index (χ4v) is 1.73. The smallest absolute Gasteiger partial charge is 0.237 e. The molecule has 0 spiro atoms. The molecule has 0 fully saturated rings. The molecule has 1 atom stereocenters. The Morgan fingerprint density at radius 2 is 2.29 bits per heavy atom. The predicted molar refractivity (Wildman–Crippen MR) is 83.0 cm³/mol. The van der Waals surface area contributed by atoms with Gasteiger partial charge >= 0.3 is 0 Å². The van der Waals surface area contributed by atoms with E-state index in [1.165, 1.54) is 0 Å². The highest BCUT2D eigenvalue weighted by atomic mass is 16.5. The lowest BCUT2D eigenvalue weighted by atomic mass is 10.1. The van der Waals surface area contributed by atoms with Crippen LogP contribution in [0.3, 0.4) is 0 Å². The van der Waals surface area contributed by atoms with Crippen LogP contribution < -0.4 is 15.8 Å². The van der Waals surface area contributed by atoms with Gasteiger partial charge in [0.2, 0.25) is 11.8 Å². The van der Waals surface area contributed by atoms with Crippen LogP contribution in [0.2, 0.25) is 0 Å². The molecule has 0 aliphatic rings. The second kappa shape index (κ2) is 9.31. The molecule has 1 unspecified atom stereocenters. The molecule has 1 aromatic heterocycles. The summed E-state index contributed by atoms with van der Waals surface area (Å²) in [5.74, 6) is 0.449. The first kappa shape index (κ1) is 17.4. The molecular formula is C15H26N4O2. The average molecular weight is 294 g/mol. The van der Waals surface area contributed by atoms with Gasteiger partial charge in [-0.25, -0.2) is 4.98 Å². The SMILES string of the molecule is CCCC(N)C(=O)NCc1ccnc(OCCN(C)C)c1. The monoisotopic (exact) mass is 294 g/mol. The van der Waals surface area contributed by atoms with Gasteiger partial charge in [-0.1, -0.05) is 13.3 Å². The lowest BCUT2D eigenvalue weighted by Crippen LogP contribution is -2.40. The second-order valence-electron chi connectivity index (χ2n) is 5.27. The van der Waals surface area contributed by atoms with Crippen molar-refractivity contribution in [2.75, 3.05) is 27.2 Å². The lowest BCUT2D eigenvalue weighted by Gasteiger charge is -2.12. The van der Waals surface area contributed by atoms with Crippen LogP contribution in [0.15, 0.2) is 18.3 Å². The van der Waals surface area contributed by atoms with Crippen LogP contribution in [0.5, 0.6) is 5.88 Å². The van der Waals surface area contributed by atoms with E-state index in [4.69, 9.17) is 10.5 Å². The molecule has 0 aromatic carbocycles. The fourth-order valence-electron chi connectivity index (χ4n) is 1.73. The van der Waals surface area contributed by atoms with Crippen LogP contribution in [0.1, 0.15) is 25.3 Å². The molecule has 1 aromatic rings. The van der Waals surface area contributed by atoms with Crippen molar-refractivity contribution in [1.29, 1.82) is 0 Å². The Hall–Kier alpha value is -1.66. The highest BCUT2D eigenvalue weighted by molar-refractivity contribution is 5.81. The molecule has 21 heavy (non-hydrogen) atoms. The maximum absolute atomic E-state index is 11.7. The Labute approximate surface area is 126 Å². The minimum absolute atomic E-state index is 0.122. The summed E-state index contributed by atoms with van der Waals surface area (Å²) < 4.78 is 5.56. The van der Waals surface area contributed by atoms with Gasteiger partial charge < -0.3 is 20.7 Å². The molecule has 3 N–H and O–H groups in total. The topological polar surface area (TPSA) is 80.5 Å². The molecule has 1 heterocycles. The fraction of sp³-hybridized carbons (Fsp3) is 0.600. The largest absolute Gasteiger partial charge is 0.476 e. The van der Waals surface area contributed by atoms with Crippen molar-refractivity contribution in [3.63, 3.8) is 0 Å². The zero-order valence-electron chi connectivity index (χ0n) is 13.1. The number of rotatable bonds is 9. The third kappa shape index (κ3) is 7.06. The lowest BCUT2D eigenvalue weighted by molar-refractivity contribution is -0.122. The van der Waals surface area contributed by atoms with Gasteiger partial charge in [-0.05, 0) is 32.1 Å². The number of nitrogens with two attached hydrogens (primary N) is 1. The number of aromatic nitrogens is 1. The molecule has 0 radical (unpaired) electrons. The first-order chi connectivity index (χ1) is 10.0. The van der Waals surface area contributed by atoms with Crippen LogP contribution in [-0.2, 0) is 11.3 Å². The Balaban J connectivity index is 2.43. The summed E-state index contributed by atoms with van der Waals surface area (Å²) in [6, 6.07) is 3.25. The van der Waals surface area contributed by atoms with E-state index in [1.54, 1.807) is 6.20 Å². The molecule has 118 valence electrons. The summed E-state index contributed by atoms with van der Waals surface area (Å²) >= 11 is 0. The number of ether oxygens (including phenoxy) is 1. The van der Waals surface area contributed by atoms with E-state index in [2.05, 4.69) is 10.3 Å². The summed E-state index contributed by atoms with van der Waals surface area (Å²) in [7, 11) is 3.98. The Morgan fingerprint density at radius 1 is 1.52 bits per heavy atom. The van der Waals surface area contributed by atoms with Crippen molar-refractivity contribution >= 4 is 5.91 Å². The van der Waals surface area contributed by atoms with Crippen molar-refractivity contribution in [1.82, 2.24) is 15.2 Å². The molecule has 0 bridgehead atoms. The average Bonchev–Trinajstić information content (AvgIpc) is 2.45. The molecule has 6 nitrogen and oxygen atoms in total. The molecule has 0 aliphatic carbocycles. The number of amides is 1. The molecule has 0 aliphatic heterocycles. The van der Waals surface area contributed by atoms with Gasteiger partial charge in [0.15, 0.2) is 0 Å². The molecule has 1 amide bonds. The van der Waals surface area contributed by atoms with E-state index in [1.807, 2.05) is 38.1 Å². The number of likely N-dealkylation sites (N-methyl/N-ethyl adjacent to an activating group) is 1. The maximum Gasteiger partial charge on any atom is 0.237 e. The molecule has 1 rings (SSSR count). The Bertz CT molecular complexity index is 437. The summed E-state index contributed by atoms with van der Waals surface area (Å²) in [4.78, 5) is 17.9. The molecule has 0 saturated carbocycles. The van der Waals surface area contributed by atoms with Crippen molar-refractivity contribution in [3.8, 4) is 5.88 Å². The molecule has 0 saturated heterocycles. The highest BCUT2D eigenvalue weighted by Gasteiger charge is 2.11.